The molecule has 0 unspecified atom stereocenters. The minimum atomic E-state index is -1.50. The third kappa shape index (κ3) is 4.15. The van der Waals surface area contributed by atoms with Crippen LogP contribution in [-0.4, -0.2) is 62.2 Å². The van der Waals surface area contributed by atoms with Crippen LogP contribution in [0.15, 0.2) is 52.4 Å². The topological polar surface area (TPSA) is 183 Å². The molecule has 2 atom stereocenters. The summed E-state index contributed by atoms with van der Waals surface area (Å²) in [6.45, 7) is 0.134. The van der Waals surface area contributed by atoms with Crippen molar-refractivity contribution < 1.29 is 28.7 Å². The van der Waals surface area contributed by atoms with Crippen LogP contribution in [-0.2, 0) is 25.8 Å². The fourth-order valence-electron chi connectivity index (χ4n) is 4.26. The van der Waals surface area contributed by atoms with E-state index in [1.807, 2.05) is 0 Å². The van der Waals surface area contributed by atoms with Gasteiger partial charge in [-0.2, -0.15) is 9.66 Å². The van der Waals surface area contributed by atoms with Gasteiger partial charge in [-0.15, -0.1) is 23.1 Å². The van der Waals surface area contributed by atoms with Crippen LogP contribution in [0, 0.1) is 11.3 Å². The van der Waals surface area contributed by atoms with E-state index in [9.17, 15) is 24.8 Å². The molecule has 1 fully saturated rings. The first-order valence-corrected chi connectivity index (χ1v) is 12.7. The minimum Gasteiger partial charge on any atom is -0.543 e. The molecule has 0 spiro atoms. The Kier molecular flexibility index (Phi) is 6.27. The standard InChI is InChI=1S/C22H18N8O5S2/c1-35-27-15(13-10-37-22(24)25-13)18(31)26-16-19(32)30-17(21(33)34)11(9-36-20(16)30)7-28-8-12(6-23)29-5-3-2-4-14(28)29/h2-5,8,10,16,20H,7,9H2,1H3,(H3-,24,25,26,31,33,34)/b27-15-/t16-,20-/m1/s1. The highest BCUT2D eigenvalue weighted by atomic mass is 32.2. The maximum atomic E-state index is 13.0. The Bertz CT molecular complexity index is 1550. The molecule has 0 aromatic carbocycles. The van der Waals surface area contributed by atoms with Crippen molar-refractivity contribution in [3.05, 3.63) is 58.6 Å². The molecule has 2 amide bonds. The number of imidazole rings is 1. The van der Waals surface area contributed by atoms with Gasteiger partial charge in [0.1, 0.15) is 43.0 Å². The van der Waals surface area contributed by atoms with Crippen molar-refractivity contribution in [2.45, 2.75) is 18.0 Å². The number of nitrogen functional groups attached to an aromatic ring is 1. The number of nitrogens with one attached hydrogen (secondary N) is 1. The molecular formula is C22H18N8O5S2. The van der Waals surface area contributed by atoms with Gasteiger partial charge in [-0.05, 0) is 6.07 Å². The number of hydrogen-bond acceptors (Lipinski definition) is 11. The summed E-state index contributed by atoms with van der Waals surface area (Å²) >= 11 is 2.42. The zero-order chi connectivity index (χ0) is 26.3. The van der Waals surface area contributed by atoms with E-state index in [4.69, 9.17) is 10.6 Å². The Hall–Kier alpha value is -4.42. The number of oxime groups is 1. The number of anilines is 1. The quantitative estimate of drug-likeness (QED) is 0.158. The molecule has 1 saturated heterocycles. The van der Waals surface area contributed by atoms with Crippen LogP contribution in [0.4, 0.5) is 5.13 Å². The van der Waals surface area contributed by atoms with E-state index in [1.165, 1.54) is 24.3 Å². The molecule has 5 rings (SSSR count). The Labute approximate surface area is 217 Å². The molecule has 0 radical (unpaired) electrons. The number of fused-ring (bicyclic) bond motifs is 2. The first kappa shape index (κ1) is 24.3. The van der Waals surface area contributed by atoms with Gasteiger partial charge in [-0.25, -0.2) is 9.55 Å². The number of thioether (sulfide) groups is 1. The number of carboxylic acid groups (broad SMARTS) is 1. The van der Waals surface area contributed by atoms with Gasteiger partial charge in [-0.3, -0.25) is 14.5 Å². The smallest absolute Gasteiger partial charge is 0.287 e. The van der Waals surface area contributed by atoms with Gasteiger partial charge in [-0.1, -0.05) is 11.2 Å². The maximum Gasteiger partial charge on any atom is 0.287 e. The number of aliphatic carboxylic acids is 1. The lowest BCUT2D eigenvalue weighted by Gasteiger charge is -2.50. The molecule has 13 nitrogen and oxygen atoms in total. The average molecular weight is 539 g/mol. The first-order chi connectivity index (χ1) is 17.8. The number of β-lactam (4-membered cyclic amide) rings is 1. The summed E-state index contributed by atoms with van der Waals surface area (Å²) in [6, 6.07) is 6.51. The van der Waals surface area contributed by atoms with Crippen LogP contribution in [0.3, 0.4) is 0 Å². The van der Waals surface area contributed by atoms with Crippen LogP contribution in [0.25, 0.3) is 5.65 Å². The van der Waals surface area contributed by atoms with E-state index < -0.39 is 29.2 Å². The molecule has 0 aliphatic carbocycles. The Balaban J connectivity index is 1.40. The van der Waals surface area contributed by atoms with Crippen molar-refractivity contribution in [2.75, 3.05) is 18.6 Å². The number of carbonyl (C=O) groups excluding carboxylic acids is 3. The molecule has 5 heterocycles. The second-order valence-corrected chi connectivity index (χ2v) is 9.97. The Morgan fingerprint density at radius 2 is 2.27 bits per heavy atom. The highest BCUT2D eigenvalue weighted by Gasteiger charge is 2.53. The van der Waals surface area contributed by atoms with Gasteiger partial charge in [0.25, 0.3) is 17.5 Å². The molecule has 15 heteroatoms. The summed E-state index contributed by atoms with van der Waals surface area (Å²) < 4.78 is 3.43. The van der Waals surface area contributed by atoms with Gasteiger partial charge in [0, 0.05) is 22.8 Å². The first-order valence-electron chi connectivity index (χ1n) is 10.7. The summed E-state index contributed by atoms with van der Waals surface area (Å²) in [7, 11) is 1.26. The second-order valence-electron chi connectivity index (χ2n) is 7.98. The Morgan fingerprint density at radius 3 is 2.95 bits per heavy atom. The SMILES string of the molecule is CO/N=C(\C(=O)N[C@@H]1C(=O)N2C(C(=O)[O-])=C(Cn3cc(C#N)[n+]4ccccc34)CS[C@H]12)c1csc(N)n1. The maximum absolute atomic E-state index is 13.0. The average Bonchev–Trinajstić information content (AvgIpc) is 3.48. The lowest BCUT2D eigenvalue weighted by molar-refractivity contribution is -0.513. The fourth-order valence-corrected chi connectivity index (χ4v) is 6.14. The number of carbonyl (C=O) groups is 3. The van der Waals surface area contributed by atoms with Crippen molar-refractivity contribution in [1.29, 1.82) is 5.26 Å². The predicted molar refractivity (Wildman–Crippen MR) is 129 cm³/mol. The van der Waals surface area contributed by atoms with Gasteiger partial charge in [0.2, 0.25) is 5.69 Å². The van der Waals surface area contributed by atoms with E-state index in [0.717, 1.165) is 16.2 Å². The molecule has 0 saturated carbocycles. The largest absolute Gasteiger partial charge is 0.543 e. The fraction of sp³-hybridized carbons (Fsp3) is 0.227. The van der Waals surface area contributed by atoms with Crippen LogP contribution >= 0.6 is 23.1 Å². The van der Waals surface area contributed by atoms with Crippen LogP contribution in [0.2, 0.25) is 0 Å². The number of nitriles is 1. The van der Waals surface area contributed by atoms with Crippen LogP contribution < -0.4 is 20.6 Å². The monoisotopic (exact) mass is 538 g/mol. The third-order valence-corrected chi connectivity index (χ3v) is 7.85. The lowest BCUT2D eigenvalue weighted by atomic mass is 10.0. The van der Waals surface area contributed by atoms with E-state index in [0.29, 0.717) is 16.9 Å². The molecule has 3 aromatic heterocycles. The zero-order valence-electron chi connectivity index (χ0n) is 19.2. The highest BCUT2D eigenvalue weighted by molar-refractivity contribution is 8.00. The number of pyridine rings is 1. The Morgan fingerprint density at radius 1 is 1.46 bits per heavy atom. The second kappa shape index (κ2) is 9.56. The number of hydrogen-bond donors (Lipinski definition) is 2. The van der Waals surface area contributed by atoms with Gasteiger partial charge < -0.3 is 25.8 Å². The number of amides is 2. The number of aromatic nitrogens is 3. The predicted octanol–water partition coefficient (Wildman–Crippen LogP) is -1.41. The molecule has 3 aromatic rings. The van der Waals surface area contributed by atoms with Crippen molar-refractivity contribution >= 4 is 57.4 Å². The van der Waals surface area contributed by atoms with E-state index in [1.54, 1.807) is 39.6 Å². The molecule has 0 bridgehead atoms. The number of rotatable bonds is 7. The summed E-state index contributed by atoms with van der Waals surface area (Å²) in [6.07, 6.45) is 3.35. The van der Waals surface area contributed by atoms with Gasteiger partial charge >= 0.3 is 0 Å². The summed E-state index contributed by atoms with van der Waals surface area (Å²) in [5.74, 6) is -2.54. The van der Waals surface area contributed by atoms with Crippen molar-refractivity contribution in [3.63, 3.8) is 0 Å². The number of thiazole rings is 1. The number of nitrogens with zero attached hydrogens (tertiary/aromatic N) is 6. The van der Waals surface area contributed by atoms with E-state index in [2.05, 4.69) is 21.5 Å². The van der Waals surface area contributed by atoms with Crippen molar-refractivity contribution in [2.24, 2.45) is 5.16 Å². The summed E-state index contributed by atoms with van der Waals surface area (Å²) in [5, 5.41) is 29.0. The molecule has 2 aliphatic heterocycles. The number of nitrogens with two attached hydrogens (primary N) is 1. The molecular weight excluding hydrogens is 520 g/mol. The molecule has 37 heavy (non-hydrogen) atoms. The van der Waals surface area contributed by atoms with E-state index >= 15 is 0 Å². The van der Waals surface area contributed by atoms with Crippen molar-refractivity contribution in [3.8, 4) is 6.07 Å². The zero-order valence-corrected chi connectivity index (χ0v) is 20.8. The lowest BCUT2D eigenvalue weighted by Crippen LogP contribution is -2.71. The van der Waals surface area contributed by atoms with Gasteiger partial charge in [0.15, 0.2) is 10.8 Å². The molecule has 188 valence electrons. The molecule has 2 aliphatic rings. The number of carboxylic acids is 1. The minimum absolute atomic E-state index is 0.134. The van der Waals surface area contributed by atoms with Crippen molar-refractivity contribution in [1.82, 2.24) is 19.8 Å². The van der Waals surface area contributed by atoms with Crippen LogP contribution in [0.5, 0.6) is 0 Å². The molecule has 3 N–H and O–H groups in total. The third-order valence-electron chi connectivity index (χ3n) is 5.84. The summed E-state index contributed by atoms with van der Waals surface area (Å²) in [5.41, 5.74) is 6.94. The van der Waals surface area contributed by atoms with Crippen LogP contribution in [0.1, 0.15) is 11.4 Å². The summed E-state index contributed by atoms with van der Waals surface area (Å²) in [4.78, 5) is 48.0. The highest BCUT2D eigenvalue weighted by Crippen LogP contribution is 2.40. The van der Waals surface area contributed by atoms with Gasteiger partial charge in [0.05, 0.1) is 17.9 Å². The normalized spacial score (nSPS) is 19.3. The van der Waals surface area contributed by atoms with E-state index in [-0.39, 0.29) is 34.5 Å².